The number of carboxylic acids is 2. The average Bonchev–Trinajstić information content (AvgIpc) is 3.82. The lowest BCUT2D eigenvalue weighted by Crippen LogP contribution is -2.50. The SMILES string of the molecule is COCCN1CCN(Cc2c(OC)cc(C)c3[nH]ccc23)[C@H](c2ccc(C(=O)O)c(Cc3cc(OC)c(CN4CCN(C(=O)C5CC5)C[C@H]4c4ccc(C(=O)O)cc4)c4cc[nH]c34)c2)C1. The Morgan fingerprint density at radius 2 is 1.32 bits per heavy atom. The molecule has 4 N–H and O–H groups in total. The van der Waals surface area contributed by atoms with Crippen LogP contribution in [0.1, 0.15) is 84.6 Å². The minimum atomic E-state index is -0.985. The number of benzene rings is 4. The fourth-order valence-electron chi connectivity index (χ4n) is 10.2. The number of aromatic nitrogens is 2. The van der Waals surface area contributed by atoms with Gasteiger partial charge in [-0.2, -0.15) is 0 Å². The molecule has 1 saturated carbocycles. The number of piperazine rings is 2. The first-order valence-electron chi connectivity index (χ1n) is 22.5. The van der Waals surface area contributed by atoms with Gasteiger partial charge in [-0.3, -0.25) is 19.5 Å². The number of rotatable bonds is 16. The molecule has 2 aromatic heterocycles. The van der Waals surface area contributed by atoms with Gasteiger partial charge in [0.2, 0.25) is 5.91 Å². The quantitative estimate of drug-likeness (QED) is 0.0774. The van der Waals surface area contributed by atoms with Crippen molar-refractivity contribution in [3.05, 3.63) is 129 Å². The van der Waals surface area contributed by atoms with Crippen LogP contribution in [0, 0.1) is 12.8 Å². The molecule has 0 radical (unpaired) electrons. The van der Waals surface area contributed by atoms with Crippen molar-refractivity contribution < 1.29 is 38.8 Å². The Bertz CT molecular complexity index is 2720. The summed E-state index contributed by atoms with van der Waals surface area (Å²) in [6, 6.07) is 20.8. The third-order valence-corrected chi connectivity index (χ3v) is 13.9. The number of methoxy groups -OCH3 is 3. The molecule has 0 spiro atoms. The standard InChI is InChI=1S/C51H58N6O8/c1-31-23-45(64-3)41(39-13-15-52-47(31)39)27-55-18-17-54(21-22-63-2)29-43(55)35-11-12-38(51(61)62)36(24-35)25-37-26-46(65-4)42(40-14-16-53-48(37)40)28-56-19-20-57(49(58)33-7-8-33)30-44(56)32-5-9-34(10-6-32)50(59)60/h5-6,9-16,23-24,26,33,43-44,52-53H,7-8,17-22,25,27-30H2,1-4H3,(H,59,60)(H,61,62)/t43-,44-/m0/s1. The highest BCUT2D eigenvalue weighted by atomic mass is 16.5. The number of H-pyrrole nitrogens is 2. The number of nitrogens with zero attached hydrogens (tertiary/aromatic N) is 4. The van der Waals surface area contributed by atoms with Gasteiger partial charge in [0.05, 0.1) is 38.0 Å². The van der Waals surface area contributed by atoms with E-state index in [-0.39, 0.29) is 35.0 Å². The highest BCUT2D eigenvalue weighted by molar-refractivity contribution is 5.92. The Labute approximate surface area is 378 Å². The summed E-state index contributed by atoms with van der Waals surface area (Å²) in [6.07, 6.45) is 6.09. The van der Waals surface area contributed by atoms with E-state index in [0.29, 0.717) is 57.1 Å². The molecule has 6 aromatic rings. The van der Waals surface area contributed by atoms with Crippen LogP contribution in [-0.2, 0) is 29.0 Å². The van der Waals surface area contributed by atoms with E-state index < -0.39 is 11.9 Å². The molecule has 1 amide bonds. The third kappa shape index (κ3) is 8.95. The highest BCUT2D eigenvalue weighted by Crippen LogP contribution is 2.40. The Kier molecular flexibility index (Phi) is 12.7. The Hall–Kier alpha value is -6.19. The first-order valence-corrected chi connectivity index (χ1v) is 22.5. The lowest BCUT2D eigenvalue weighted by atomic mass is 9.91. The van der Waals surface area contributed by atoms with E-state index in [1.165, 1.54) is 0 Å². The Balaban J connectivity index is 1.05. The summed E-state index contributed by atoms with van der Waals surface area (Å²) >= 11 is 0. The zero-order chi connectivity index (χ0) is 45.4. The van der Waals surface area contributed by atoms with E-state index in [4.69, 9.17) is 14.2 Å². The van der Waals surface area contributed by atoms with Gasteiger partial charge in [0, 0.05) is 130 Å². The van der Waals surface area contributed by atoms with Crippen LogP contribution in [0.15, 0.2) is 79.1 Å². The van der Waals surface area contributed by atoms with Crippen molar-refractivity contribution in [2.24, 2.45) is 5.92 Å². The number of hydrogen-bond acceptors (Lipinski definition) is 9. The average molecular weight is 883 g/mol. The Morgan fingerprint density at radius 1 is 0.692 bits per heavy atom. The van der Waals surface area contributed by atoms with E-state index in [2.05, 4.69) is 49.8 Å². The fourth-order valence-corrected chi connectivity index (χ4v) is 10.2. The van der Waals surface area contributed by atoms with Gasteiger partial charge in [-0.05, 0) is 90.0 Å². The van der Waals surface area contributed by atoms with E-state index in [1.54, 1.807) is 39.5 Å². The van der Waals surface area contributed by atoms with E-state index in [1.807, 2.05) is 47.6 Å². The number of ether oxygens (including phenoxy) is 3. The monoisotopic (exact) mass is 882 g/mol. The summed E-state index contributed by atoms with van der Waals surface area (Å²) in [4.78, 5) is 54.1. The predicted octanol–water partition coefficient (Wildman–Crippen LogP) is 7.26. The zero-order valence-electron chi connectivity index (χ0n) is 37.6. The summed E-state index contributed by atoms with van der Waals surface area (Å²) in [7, 11) is 5.10. The maximum absolute atomic E-state index is 13.3. The second-order valence-electron chi connectivity index (χ2n) is 17.8. The molecule has 2 saturated heterocycles. The van der Waals surface area contributed by atoms with Crippen LogP contribution in [-0.4, -0.2) is 131 Å². The second kappa shape index (κ2) is 18.7. The number of fused-ring (bicyclic) bond motifs is 2. The molecule has 65 heavy (non-hydrogen) atoms. The molecule has 9 rings (SSSR count). The van der Waals surface area contributed by atoms with E-state index in [0.717, 1.165) is 100.0 Å². The van der Waals surface area contributed by atoms with Crippen molar-refractivity contribution in [2.75, 3.05) is 73.7 Å². The van der Waals surface area contributed by atoms with Gasteiger partial charge in [-0.25, -0.2) is 9.59 Å². The van der Waals surface area contributed by atoms with Gasteiger partial charge in [0.25, 0.3) is 0 Å². The first kappa shape index (κ1) is 44.0. The molecule has 14 nitrogen and oxygen atoms in total. The topological polar surface area (TPSA) is 164 Å². The third-order valence-electron chi connectivity index (χ3n) is 13.9. The van der Waals surface area contributed by atoms with Gasteiger partial charge in [0.1, 0.15) is 11.5 Å². The number of carbonyl (C=O) groups is 3. The van der Waals surface area contributed by atoms with Gasteiger partial charge in [0.15, 0.2) is 0 Å². The number of carbonyl (C=O) groups excluding carboxylic acids is 1. The van der Waals surface area contributed by atoms with Crippen molar-refractivity contribution in [3.63, 3.8) is 0 Å². The molecule has 2 atom stereocenters. The summed E-state index contributed by atoms with van der Waals surface area (Å²) in [6.45, 7) is 8.81. The van der Waals surface area contributed by atoms with Gasteiger partial charge in [-0.1, -0.05) is 24.3 Å². The molecule has 3 aliphatic rings. The van der Waals surface area contributed by atoms with E-state index >= 15 is 0 Å². The lowest BCUT2D eigenvalue weighted by molar-refractivity contribution is -0.135. The maximum Gasteiger partial charge on any atom is 0.335 e. The van der Waals surface area contributed by atoms with Crippen molar-refractivity contribution >= 4 is 39.7 Å². The molecule has 0 unspecified atom stereocenters. The van der Waals surface area contributed by atoms with Crippen molar-refractivity contribution in [1.82, 2.24) is 29.6 Å². The van der Waals surface area contributed by atoms with Crippen LogP contribution in [0.4, 0.5) is 0 Å². The highest BCUT2D eigenvalue weighted by Gasteiger charge is 2.38. The molecule has 2 aliphatic heterocycles. The van der Waals surface area contributed by atoms with Crippen LogP contribution in [0.25, 0.3) is 21.8 Å². The minimum Gasteiger partial charge on any atom is -0.496 e. The van der Waals surface area contributed by atoms with Crippen LogP contribution >= 0.6 is 0 Å². The fraction of sp³-hybridized carbons (Fsp3) is 0.392. The van der Waals surface area contributed by atoms with Crippen molar-refractivity contribution in [3.8, 4) is 11.5 Å². The number of aryl methyl sites for hydroxylation is 1. The van der Waals surface area contributed by atoms with Gasteiger partial charge in [-0.15, -0.1) is 0 Å². The number of carboxylic acid groups (broad SMARTS) is 2. The number of nitrogens with one attached hydrogen (secondary N) is 2. The van der Waals surface area contributed by atoms with Crippen molar-refractivity contribution in [1.29, 1.82) is 0 Å². The number of amides is 1. The van der Waals surface area contributed by atoms with Crippen molar-refractivity contribution in [2.45, 2.75) is 51.4 Å². The second-order valence-corrected chi connectivity index (χ2v) is 17.8. The maximum atomic E-state index is 13.3. The number of aromatic carboxylic acids is 2. The summed E-state index contributed by atoms with van der Waals surface area (Å²) < 4.78 is 17.6. The molecule has 3 fully saturated rings. The minimum absolute atomic E-state index is 0.0436. The zero-order valence-corrected chi connectivity index (χ0v) is 37.6. The molecule has 0 bridgehead atoms. The van der Waals surface area contributed by atoms with Gasteiger partial charge >= 0.3 is 11.9 Å². The van der Waals surface area contributed by atoms with Crippen LogP contribution in [0.2, 0.25) is 0 Å². The van der Waals surface area contributed by atoms with E-state index in [9.17, 15) is 24.6 Å². The molecular formula is C51H58N6O8. The largest absolute Gasteiger partial charge is 0.496 e. The molecule has 340 valence electrons. The van der Waals surface area contributed by atoms with Crippen LogP contribution in [0.3, 0.4) is 0 Å². The normalized spacial score (nSPS) is 18.7. The van der Waals surface area contributed by atoms with Crippen LogP contribution < -0.4 is 9.47 Å². The Morgan fingerprint density at radius 3 is 1.97 bits per heavy atom. The van der Waals surface area contributed by atoms with Gasteiger partial charge < -0.3 is 39.3 Å². The molecule has 14 heteroatoms. The molecule has 4 heterocycles. The summed E-state index contributed by atoms with van der Waals surface area (Å²) in [5, 5.41) is 22.3. The summed E-state index contributed by atoms with van der Waals surface area (Å²) in [5.41, 5.74) is 9.27. The molecular weight excluding hydrogens is 825 g/mol. The number of hydrogen-bond donors (Lipinski definition) is 4. The summed E-state index contributed by atoms with van der Waals surface area (Å²) in [5.74, 6) is -0.140. The lowest BCUT2D eigenvalue weighted by Gasteiger charge is -2.42. The molecule has 1 aliphatic carbocycles. The smallest absolute Gasteiger partial charge is 0.335 e. The number of aromatic amines is 2. The first-order chi connectivity index (χ1) is 31.5. The van der Waals surface area contributed by atoms with Crippen LogP contribution in [0.5, 0.6) is 11.5 Å². The molecule has 4 aromatic carbocycles. The predicted molar refractivity (Wildman–Crippen MR) is 248 cm³/mol.